The summed E-state index contributed by atoms with van der Waals surface area (Å²) in [5.74, 6) is 1.17. The van der Waals surface area contributed by atoms with Crippen LogP contribution in [0.15, 0.2) is 24.3 Å². The molecule has 0 bridgehead atoms. The Hall–Kier alpha value is -1.02. The van der Waals surface area contributed by atoms with Crippen LogP contribution in [-0.4, -0.2) is 24.3 Å². The number of anilines is 1. The SMILES string of the molecule is CC(C)CN1CC(CC(C)O)c2ccccc21. The van der Waals surface area contributed by atoms with E-state index >= 15 is 0 Å². The Labute approximate surface area is 104 Å². The highest BCUT2D eigenvalue weighted by Crippen LogP contribution is 2.38. The predicted octanol–water partition coefficient (Wildman–Crippen LogP) is 3.02. The maximum absolute atomic E-state index is 9.59. The molecule has 0 saturated heterocycles. The van der Waals surface area contributed by atoms with E-state index in [4.69, 9.17) is 0 Å². The van der Waals surface area contributed by atoms with Crippen molar-refractivity contribution < 1.29 is 5.11 Å². The fourth-order valence-corrected chi connectivity index (χ4v) is 2.81. The third-order valence-electron chi connectivity index (χ3n) is 3.37. The van der Waals surface area contributed by atoms with Crippen LogP contribution in [0.1, 0.15) is 38.7 Å². The van der Waals surface area contributed by atoms with Gasteiger partial charge >= 0.3 is 0 Å². The van der Waals surface area contributed by atoms with Gasteiger partial charge in [-0.25, -0.2) is 0 Å². The van der Waals surface area contributed by atoms with Crippen molar-refractivity contribution in [3.05, 3.63) is 29.8 Å². The zero-order valence-electron chi connectivity index (χ0n) is 11.1. The number of benzene rings is 1. The number of hydrogen-bond acceptors (Lipinski definition) is 2. The van der Waals surface area contributed by atoms with Crippen LogP contribution in [0.25, 0.3) is 0 Å². The van der Waals surface area contributed by atoms with Crippen LogP contribution in [0, 0.1) is 5.92 Å². The minimum absolute atomic E-state index is 0.216. The van der Waals surface area contributed by atoms with Crippen LogP contribution < -0.4 is 4.90 Å². The zero-order valence-corrected chi connectivity index (χ0v) is 11.1. The molecule has 0 spiro atoms. The second-order valence-corrected chi connectivity index (χ2v) is 5.64. The van der Waals surface area contributed by atoms with E-state index in [9.17, 15) is 5.11 Å². The molecule has 0 radical (unpaired) electrons. The van der Waals surface area contributed by atoms with E-state index in [1.165, 1.54) is 11.3 Å². The summed E-state index contributed by atoms with van der Waals surface area (Å²) >= 11 is 0. The average molecular weight is 233 g/mol. The fraction of sp³-hybridized carbons (Fsp3) is 0.600. The van der Waals surface area contributed by atoms with Gasteiger partial charge in [0.05, 0.1) is 6.10 Å². The maximum atomic E-state index is 9.59. The molecule has 1 aliphatic heterocycles. The van der Waals surface area contributed by atoms with E-state index in [-0.39, 0.29) is 6.10 Å². The van der Waals surface area contributed by atoms with E-state index in [2.05, 4.69) is 43.0 Å². The average Bonchev–Trinajstić information content (AvgIpc) is 2.56. The molecule has 0 fully saturated rings. The van der Waals surface area contributed by atoms with Crippen molar-refractivity contribution in [1.82, 2.24) is 0 Å². The molecule has 1 N–H and O–H groups in total. The first-order chi connectivity index (χ1) is 8.08. The molecule has 1 heterocycles. The second kappa shape index (κ2) is 5.09. The summed E-state index contributed by atoms with van der Waals surface area (Å²) in [5, 5.41) is 9.59. The number of hydrogen-bond donors (Lipinski definition) is 1. The van der Waals surface area contributed by atoms with E-state index in [1.54, 1.807) is 0 Å². The smallest absolute Gasteiger partial charge is 0.0518 e. The van der Waals surface area contributed by atoms with Crippen LogP contribution in [0.4, 0.5) is 5.69 Å². The monoisotopic (exact) mass is 233 g/mol. The highest BCUT2D eigenvalue weighted by Gasteiger charge is 2.28. The van der Waals surface area contributed by atoms with Crippen molar-refractivity contribution in [3.63, 3.8) is 0 Å². The van der Waals surface area contributed by atoms with Crippen LogP contribution in [0.3, 0.4) is 0 Å². The number of nitrogens with zero attached hydrogens (tertiary/aromatic N) is 1. The van der Waals surface area contributed by atoms with Crippen molar-refractivity contribution in [2.24, 2.45) is 5.92 Å². The summed E-state index contributed by atoms with van der Waals surface area (Å²) in [5.41, 5.74) is 2.78. The summed E-state index contributed by atoms with van der Waals surface area (Å²) in [6.07, 6.45) is 0.651. The van der Waals surface area contributed by atoms with Gasteiger partial charge in [0.2, 0.25) is 0 Å². The Morgan fingerprint density at radius 1 is 1.29 bits per heavy atom. The molecule has 2 heteroatoms. The molecule has 0 amide bonds. The minimum atomic E-state index is -0.216. The molecule has 1 aromatic rings. The van der Waals surface area contributed by atoms with Gasteiger partial charge in [0.15, 0.2) is 0 Å². The number of rotatable bonds is 4. The lowest BCUT2D eigenvalue weighted by Gasteiger charge is -2.22. The number of para-hydroxylation sites is 1. The Morgan fingerprint density at radius 3 is 2.65 bits per heavy atom. The molecule has 2 nitrogen and oxygen atoms in total. The van der Waals surface area contributed by atoms with Gasteiger partial charge in [0.1, 0.15) is 0 Å². The first-order valence-corrected chi connectivity index (χ1v) is 6.60. The molecule has 17 heavy (non-hydrogen) atoms. The zero-order chi connectivity index (χ0) is 12.4. The van der Waals surface area contributed by atoms with Crippen molar-refractivity contribution in [1.29, 1.82) is 0 Å². The lowest BCUT2D eigenvalue weighted by molar-refractivity contribution is 0.176. The Kier molecular flexibility index (Phi) is 3.72. The van der Waals surface area contributed by atoms with Crippen LogP contribution in [0.5, 0.6) is 0 Å². The molecule has 2 atom stereocenters. The summed E-state index contributed by atoms with van der Waals surface area (Å²) in [7, 11) is 0. The van der Waals surface area contributed by atoms with E-state index < -0.39 is 0 Å². The molecule has 2 unspecified atom stereocenters. The van der Waals surface area contributed by atoms with Crippen LogP contribution in [0.2, 0.25) is 0 Å². The van der Waals surface area contributed by atoms with E-state index in [0.29, 0.717) is 11.8 Å². The molecule has 1 aromatic carbocycles. The van der Waals surface area contributed by atoms with Gasteiger partial charge in [0.25, 0.3) is 0 Å². The Morgan fingerprint density at radius 2 is 2.00 bits per heavy atom. The minimum Gasteiger partial charge on any atom is -0.393 e. The molecular weight excluding hydrogens is 210 g/mol. The lowest BCUT2D eigenvalue weighted by Crippen LogP contribution is -2.27. The normalized spacial score (nSPS) is 20.8. The fourth-order valence-electron chi connectivity index (χ4n) is 2.81. The summed E-state index contributed by atoms with van der Waals surface area (Å²) < 4.78 is 0. The number of fused-ring (bicyclic) bond motifs is 1. The quantitative estimate of drug-likeness (QED) is 0.864. The molecule has 94 valence electrons. The van der Waals surface area contributed by atoms with Gasteiger partial charge in [0, 0.05) is 24.7 Å². The maximum Gasteiger partial charge on any atom is 0.0518 e. The standard InChI is InChI=1S/C15H23NO/c1-11(2)9-16-10-13(8-12(3)17)14-6-4-5-7-15(14)16/h4-7,11-13,17H,8-10H2,1-3H3. The van der Waals surface area contributed by atoms with Crippen molar-refractivity contribution >= 4 is 5.69 Å². The van der Waals surface area contributed by atoms with Crippen LogP contribution in [-0.2, 0) is 0 Å². The Bertz CT molecular complexity index is 338. The lowest BCUT2D eigenvalue weighted by atomic mass is 9.96. The molecule has 2 rings (SSSR count). The predicted molar refractivity (Wildman–Crippen MR) is 72.5 cm³/mol. The summed E-state index contributed by atoms with van der Waals surface area (Å²) in [6.45, 7) is 8.55. The molecule has 0 aromatic heterocycles. The number of aliphatic hydroxyl groups excluding tert-OH is 1. The van der Waals surface area contributed by atoms with Gasteiger partial charge in [-0.1, -0.05) is 32.0 Å². The highest BCUT2D eigenvalue weighted by atomic mass is 16.3. The molecule has 1 aliphatic rings. The topological polar surface area (TPSA) is 23.5 Å². The third-order valence-corrected chi connectivity index (χ3v) is 3.37. The summed E-state index contributed by atoms with van der Waals surface area (Å²) in [4.78, 5) is 2.47. The van der Waals surface area contributed by atoms with Crippen molar-refractivity contribution in [2.75, 3.05) is 18.0 Å². The van der Waals surface area contributed by atoms with Crippen molar-refractivity contribution in [2.45, 2.75) is 39.2 Å². The molecular formula is C15H23NO. The first-order valence-electron chi connectivity index (χ1n) is 6.60. The van der Waals surface area contributed by atoms with Gasteiger partial charge in [-0.2, -0.15) is 0 Å². The van der Waals surface area contributed by atoms with Crippen LogP contribution >= 0.6 is 0 Å². The van der Waals surface area contributed by atoms with Gasteiger partial charge in [-0.15, -0.1) is 0 Å². The van der Waals surface area contributed by atoms with Gasteiger partial charge in [-0.3, -0.25) is 0 Å². The van der Waals surface area contributed by atoms with Crippen molar-refractivity contribution in [3.8, 4) is 0 Å². The summed E-state index contributed by atoms with van der Waals surface area (Å²) in [6, 6.07) is 8.63. The second-order valence-electron chi connectivity index (χ2n) is 5.64. The largest absolute Gasteiger partial charge is 0.393 e. The van der Waals surface area contributed by atoms with Gasteiger partial charge < -0.3 is 10.0 Å². The molecule has 0 saturated carbocycles. The van der Waals surface area contributed by atoms with E-state index in [1.807, 2.05) is 6.92 Å². The third kappa shape index (κ3) is 2.81. The highest BCUT2D eigenvalue weighted by molar-refractivity contribution is 5.60. The Balaban J connectivity index is 2.20. The molecule has 0 aliphatic carbocycles. The number of aliphatic hydroxyl groups is 1. The van der Waals surface area contributed by atoms with Gasteiger partial charge in [-0.05, 0) is 30.9 Å². The van der Waals surface area contributed by atoms with E-state index in [0.717, 1.165) is 19.5 Å². The first kappa shape index (κ1) is 12.4.